The van der Waals surface area contributed by atoms with Crippen molar-refractivity contribution in [1.29, 1.82) is 0 Å². The second-order valence-electron chi connectivity index (χ2n) is 5.37. The molecule has 0 aliphatic heterocycles. The van der Waals surface area contributed by atoms with Gasteiger partial charge in [0.2, 0.25) is 11.6 Å². The van der Waals surface area contributed by atoms with Crippen LogP contribution in [0, 0.1) is 0 Å². The van der Waals surface area contributed by atoms with Crippen molar-refractivity contribution in [1.82, 2.24) is 0 Å². The van der Waals surface area contributed by atoms with Gasteiger partial charge in [-0.25, -0.2) is 0 Å². The zero-order valence-corrected chi connectivity index (χ0v) is 13.5. The van der Waals surface area contributed by atoms with Crippen LogP contribution >= 0.6 is 11.6 Å². The largest absolute Gasteiger partial charge is 0.394 e. The average Bonchev–Trinajstić information content (AvgIpc) is 2.64. The summed E-state index contributed by atoms with van der Waals surface area (Å²) in [6.45, 7) is -0.831. The van der Waals surface area contributed by atoms with Crippen LogP contribution in [0.25, 0.3) is 0 Å². The van der Waals surface area contributed by atoms with Crippen molar-refractivity contribution < 1.29 is 35.1 Å². The summed E-state index contributed by atoms with van der Waals surface area (Å²) in [5.74, 6) is -1.23. The Morgan fingerprint density at radius 3 is 2.12 bits per heavy atom. The first-order valence-corrected chi connectivity index (χ1v) is 7.62. The van der Waals surface area contributed by atoms with Gasteiger partial charge in [0.15, 0.2) is 0 Å². The van der Waals surface area contributed by atoms with Crippen molar-refractivity contribution in [3.8, 4) is 0 Å². The van der Waals surface area contributed by atoms with Gasteiger partial charge in [-0.15, -0.1) is 0 Å². The summed E-state index contributed by atoms with van der Waals surface area (Å²) in [4.78, 5) is 28.2. The second-order valence-corrected chi connectivity index (χ2v) is 5.74. The zero-order chi connectivity index (χ0) is 18.7. The van der Waals surface area contributed by atoms with E-state index in [0.717, 1.165) is 6.21 Å². The fourth-order valence-corrected chi connectivity index (χ4v) is 2.46. The van der Waals surface area contributed by atoms with Gasteiger partial charge in [-0.3, -0.25) is 14.6 Å². The van der Waals surface area contributed by atoms with Gasteiger partial charge >= 0.3 is 0 Å². The van der Waals surface area contributed by atoms with E-state index in [9.17, 15) is 30.0 Å². The van der Waals surface area contributed by atoms with Gasteiger partial charge in [-0.2, -0.15) is 0 Å². The maximum Gasteiger partial charge on any atom is 0.213 e. The molecule has 0 saturated heterocycles. The third-order valence-electron chi connectivity index (χ3n) is 3.68. The molecule has 0 bridgehead atoms. The highest BCUT2D eigenvalue weighted by Crippen LogP contribution is 2.29. The van der Waals surface area contributed by atoms with Gasteiger partial charge in [0, 0.05) is 17.3 Å². The second kappa shape index (κ2) is 7.96. The Labute approximate surface area is 147 Å². The molecule has 0 radical (unpaired) electrons. The molecule has 0 fully saturated rings. The van der Waals surface area contributed by atoms with Crippen molar-refractivity contribution in [3.05, 3.63) is 46.1 Å². The van der Waals surface area contributed by atoms with E-state index in [1.165, 1.54) is 12.1 Å². The predicted octanol–water partition coefficient (Wildman–Crippen LogP) is -0.977. The van der Waals surface area contributed by atoms with Crippen LogP contribution in [0.2, 0.25) is 0 Å². The van der Waals surface area contributed by atoms with Gasteiger partial charge in [-0.05, 0) is 0 Å². The molecule has 1 aliphatic carbocycles. The SMILES string of the molecule is O=C1C(Cl)=C(N=C[C@H](O)[C@H](O)[C@H](O)[C@H](O)CO)C(=O)c2ccccc21. The lowest BCUT2D eigenvalue weighted by Gasteiger charge is -2.23. The molecule has 2 rings (SSSR count). The Morgan fingerprint density at radius 2 is 1.56 bits per heavy atom. The van der Waals surface area contributed by atoms with E-state index in [1.54, 1.807) is 12.1 Å². The molecule has 0 heterocycles. The molecule has 0 aromatic heterocycles. The van der Waals surface area contributed by atoms with Crippen LogP contribution in [0.1, 0.15) is 20.7 Å². The van der Waals surface area contributed by atoms with Crippen LogP contribution in [0.3, 0.4) is 0 Å². The number of aliphatic hydroxyl groups is 5. The quantitative estimate of drug-likeness (QED) is 0.405. The van der Waals surface area contributed by atoms with Crippen LogP contribution in [-0.4, -0.2) is 74.3 Å². The molecular weight excluding hydrogens is 354 g/mol. The first kappa shape index (κ1) is 19.4. The summed E-state index contributed by atoms with van der Waals surface area (Å²) in [6.07, 6.45) is -6.47. The number of fused-ring (bicyclic) bond motifs is 1. The number of Topliss-reactive ketones (excluding diaryl/α,β-unsaturated/α-hetero) is 2. The van der Waals surface area contributed by atoms with Gasteiger partial charge in [-0.1, -0.05) is 35.9 Å². The van der Waals surface area contributed by atoms with Crippen LogP contribution in [0.5, 0.6) is 0 Å². The summed E-state index contributed by atoms with van der Waals surface area (Å²) in [5, 5.41) is 46.5. The molecule has 0 unspecified atom stereocenters. The number of carbonyl (C=O) groups is 2. The van der Waals surface area contributed by atoms with Gasteiger partial charge in [0.25, 0.3) is 0 Å². The Hall–Kier alpha value is -1.94. The predicted molar refractivity (Wildman–Crippen MR) is 87.6 cm³/mol. The highest BCUT2D eigenvalue weighted by Gasteiger charge is 2.32. The Kier molecular flexibility index (Phi) is 6.17. The van der Waals surface area contributed by atoms with Crippen molar-refractivity contribution >= 4 is 29.4 Å². The van der Waals surface area contributed by atoms with E-state index in [4.69, 9.17) is 16.7 Å². The Bertz CT molecular complexity index is 746. The molecule has 0 amide bonds. The Balaban J connectivity index is 2.24. The molecule has 25 heavy (non-hydrogen) atoms. The van der Waals surface area contributed by atoms with Crippen LogP contribution in [0.4, 0.5) is 0 Å². The number of aliphatic hydroxyl groups excluding tert-OH is 5. The zero-order valence-electron chi connectivity index (χ0n) is 12.8. The van der Waals surface area contributed by atoms with Crippen molar-refractivity contribution in [2.75, 3.05) is 6.61 Å². The lowest BCUT2D eigenvalue weighted by atomic mass is 9.92. The Morgan fingerprint density at radius 1 is 1.00 bits per heavy atom. The summed E-state index contributed by atoms with van der Waals surface area (Å²) in [6, 6.07) is 6.02. The number of halogens is 1. The van der Waals surface area contributed by atoms with Crippen LogP contribution in [-0.2, 0) is 0 Å². The minimum atomic E-state index is -1.88. The average molecular weight is 370 g/mol. The van der Waals surface area contributed by atoms with Crippen molar-refractivity contribution in [2.45, 2.75) is 24.4 Å². The minimum absolute atomic E-state index is 0.106. The van der Waals surface area contributed by atoms with Crippen LogP contribution < -0.4 is 0 Å². The van der Waals surface area contributed by atoms with E-state index in [0.29, 0.717) is 0 Å². The molecule has 0 saturated carbocycles. The van der Waals surface area contributed by atoms with E-state index >= 15 is 0 Å². The highest BCUT2D eigenvalue weighted by atomic mass is 35.5. The standard InChI is InChI=1S/C16H16ClNO7/c17-11-12(14(23)8-4-2-1-3-7(8)13(11)22)18-5-9(20)15(24)16(25)10(21)6-19/h1-5,9-10,15-16,19-21,24-25H,6H2/t9-,10+,15-,16+/m0/s1. The minimum Gasteiger partial charge on any atom is -0.394 e. The highest BCUT2D eigenvalue weighted by molar-refractivity contribution is 6.50. The van der Waals surface area contributed by atoms with E-state index in [1.807, 2.05) is 0 Å². The number of rotatable bonds is 6. The summed E-state index contributed by atoms with van der Waals surface area (Å²) in [7, 11) is 0. The van der Waals surface area contributed by atoms with Gasteiger partial charge in [0.1, 0.15) is 35.1 Å². The number of hydrogen-bond acceptors (Lipinski definition) is 8. The molecule has 9 heteroatoms. The lowest BCUT2D eigenvalue weighted by molar-refractivity contribution is -0.0999. The first-order chi connectivity index (χ1) is 11.8. The van der Waals surface area contributed by atoms with Gasteiger partial charge in [0.05, 0.1) is 6.61 Å². The molecular formula is C16H16ClNO7. The summed E-state index contributed by atoms with van der Waals surface area (Å²) < 4.78 is 0. The molecule has 1 aliphatic rings. The first-order valence-electron chi connectivity index (χ1n) is 7.25. The molecule has 134 valence electrons. The maximum atomic E-state index is 12.4. The van der Waals surface area contributed by atoms with E-state index in [2.05, 4.69) is 4.99 Å². The van der Waals surface area contributed by atoms with Crippen molar-refractivity contribution in [3.63, 3.8) is 0 Å². The fraction of sp³-hybridized carbons (Fsp3) is 0.312. The van der Waals surface area contributed by atoms with E-state index < -0.39 is 53.3 Å². The molecule has 0 spiro atoms. The normalized spacial score (nSPS) is 19.8. The maximum absolute atomic E-state index is 12.4. The number of hydrogen-bond donors (Lipinski definition) is 5. The molecule has 1 aromatic carbocycles. The van der Waals surface area contributed by atoms with Crippen molar-refractivity contribution in [2.24, 2.45) is 4.99 Å². The number of ketones is 2. The number of allylic oxidation sites excluding steroid dienone is 2. The number of aliphatic imine (C=N–C) groups is 1. The smallest absolute Gasteiger partial charge is 0.213 e. The molecule has 4 atom stereocenters. The number of nitrogens with zero attached hydrogens (tertiary/aromatic N) is 1. The third-order valence-corrected chi connectivity index (χ3v) is 4.03. The van der Waals surface area contributed by atoms with Crippen LogP contribution in [0.15, 0.2) is 40.0 Å². The van der Waals surface area contributed by atoms with E-state index in [-0.39, 0.29) is 11.1 Å². The van der Waals surface area contributed by atoms with Gasteiger partial charge < -0.3 is 25.5 Å². The molecule has 1 aromatic rings. The topological polar surface area (TPSA) is 148 Å². The molecule has 8 nitrogen and oxygen atoms in total. The lowest BCUT2D eigenvalue weighted by Crippen LogP contribution is -2.46. The summed E-state index contributed by atoms with van der Waals surface area (Å²) >= 11 is 5.88. The summed E-state index contributed by atoms with van der Waals surface area (Å²) in [5.41, 5.74) is -0.165. The number of benzene rings is 1. The number of carbonyl (C=O) groups excluding carboxylic acids is 2. The monoisotopic (exact) mass is 369 g/mol. The fourth-order valence-electron chi connectivity index (χ4n) is 2.22. The molecule has 5 N–H and O–H groups in total. The third kappa shape index (κ3) is 3.84.